The number of thioether (sulfide) groups is 1. The van der Waals surface area contributed by atoms with Crippen LogP contribution in [0.1, 0.15) is 19.4 Å². The first-order chi connectivity index (χ1) is 8.55. The molecule has 0 spiro atoms. The summed E-state index contributed by atoms with van der Waals surface area (Å²) in [5.74, 6) is 1.02. The molecule has 0 unspecified atom stereocenters. The molecule has 0 aliphatic heterocycles. The Morgan fingerprint density at radius 1 is 1.11 bits per heavy atom. The minimum absolute atomic E-state index is 0.221. The molecule has 0 saturated carbocycles. The van der Waals surface area contributed by atoms with E-state index in [4.69, 9.17) is 11.6 Å². The fourth-order valence-corrected chi connectivity index (χ4v) is 2.94. The van der Waals surface area contributed by atoms with Crippen LogP contribution in [0.2, 0.25) is 5.02 Å². The smallest absolute Gasteiger partial charge is 0.0406 e. The molecule has 0 saturated heterocycles. The van der Waals surface area contributed by atoms with Crippen LogP contribution in [-0.2, 0) is 12.3 Å². The molecule has 18 heavy (non-hydrogen) atoms. The Bertz CT molecular complexity index is 474. The summed E-state index contributed by atoms with van der Waals surface area (Å²) in [7, 11) is 0. The highest BCUT2D eigenvalue weighted by Crippen LogP contribution is 2.30. The van der Waals surface area contributed by atoms with E-state index >= 15 is 0 Å². The largest absolute Gasteiger partial charge is 0.353 e. The highest BCUT2D eigenvalue weighted by atomic mass is 35.5. The van der Waals surface area contributed by atoms with Crippen molar-refractivity contribution in [1.82, 2.24) is 4.57 Å². The van der Waals surface area contributed by atoms with Gasteiger partial charge in [-0.3, -0.25) is 0 Å². The Kier molecular flexibility index (Phi) is 4.41. The SMILES string of the molecule is CC(C)(Cn1cccc1)SCc1ccc(Cl)cc1. The van der Waals surface area contributed by atoms with Crippen molar-refractivity contribution in [3.63, 3.8) is 0 Å². The summed E-state index contributed by atoms with van der Waals surface area (Å²) >= 11 is 7.86. The van der Waals surface area contributed by atoms with Gasteiger partial charge < -0.3 is 4.57 Å². The molecule has 2 rings (SSSR count). The first-order valence-electron chi connectivity index (χ1n) is 6.04. The third kappa shape index (κ3) is 4.11. The highest BCUT2D eigenvalue weighted by Gasteiger charge is 2.18. The normalized spacial score (nSPS) is 11.7. The van der Waals surface area contributed by atoms with Crippen LogP contribution in [0.25, 0.3) is 0 Å². The lowest BCUT2D eigenvalue weighted by molar-refractivity contribution is 0.569. The molecule has 0 fully saturated rings. The van der Waals surface area contributed by atoms with E-state index in [-0.39, 0.29) is 4.75 Å². The second-order valence-electron chi connectivity index (χ2n) is 5.03. The third-order valence-corrected chi connectivity index (χ3v) is 4.41. The van der Waals surface area contributed by atoms with Crippen LogP contribution in [0.15, 0.2) is 48.8 Å². The van der Waals surface area contributed by atoms with E-state index in [1.54, 1.807) is 0 Å². The zero-order valence-electron chi connectivity index (χ0n) is 10.8. The number of rotatable bonds is 5. The molecule has 0 amide bonds. The number of halogens is 1. The van der Waals surface area contributed by atoms with Crippen molar-refractivity contribution >= 4 is 23.4 Å². The molecule has 1 nitrogen and oxygen atoms in total. The van der Waals surface area contributed by atoms with Gasteiger partial charge in [0.1, 0.15) is 0 Å². The van der Waals surface area contributed by atoms with Crippen molar-refractivity contribution in [1.29, 1.82) is 0 Å². The highest BCUT2D eigenvalue weighted by molar-refractivity contribution is 7.99. The molecule has 0 radical (unpaired) electrons. The van der Waals surface area contributed by atoms with Crippen LogP contribution in [0.5, 0.6) is 0 Å². The van der Waals surface area contributed by atoms with Gasteiger partial charge in [-0.2, -0.15) is 0 Å². The van der Waals surface area contributed by atoms with Gasteiger partial charge in [0.05, 0.1) is 0 Å². The lowest BCUT2D eigenvalue weighted by Gasteiger charge is -2.24. The predicted octanol–water partition coefficient (Wildman–Crippen LogP) is 4.85. The molecule has 0 atom stereocenters. The summed E-state index contributed by atoms with van der Waals surface area (Å²) < 4.78 is 2.45. The molecule has 0 N–H and O–H groups in total. The first kappa shape index (κ1) is 13.6. The molecule has 1 heterocycles. The summed E-state index contributed by atoms with van der Waals surface area (Å²) in [5.41, 5.74) is 1.32. The fraction of sp³-hybridized carbons (Fsp3) is 0.333. The molecule has 96 valence electrons. The summed E-state index contributed by atoms with van der Waals surface area (Å²) in [6.07, 6.45) is 4.23. The van der Waals surface area contributed by atoms with E-state index in [2.05, 4.69) is 55.1 Å². The summed E-state index contributed by atoms with van der Waals surface area (Å²) in [4.78, 5) is 0. The average Bonchev–Trinajstić information content (AvgIpc) is 2.80. The lowest BCUT2D eigenvalue weighted by Crippen LogP contribution is -2.22. The van der Waals surface area contributed by atoms with E-state index < -0.39 is 0 Å². The van der Waals surface area contributed by atoms with Crippen LogP contribution >= 0.6 is 23.4 Å². The topological polar surface area (TPSA) is 4.93 Å². The number of benzene rings is 1. The van der Waals surface area contributed by atoms with Crippen molar-refractivity contribution < 1.29 is 0 Å². The zero-order chi connectivity index (χ0) is 13.0. The Morgan fingerprint density at radius 3 is 2.33 bits per heavy atom. The van der Waals surface area contributed by atoms with E-state index in [9.17, 15) is 0 Å². The lowest BCUT2D eigenvalue weighted by atomic mass is 10.2. The molecule has 0 aliphatic carbocycles. The van der Waals surface area contributed by atoms with Crippen molar-refractivity contribution in [3.05, 3.63) is 59.4 Å². The van der Waals surface area contributed by atoms with Crippen molar-refractivity contribution in [2.45, 2.75) is 30.9 Å². The number of hydrogen-bond acceptors (Lipinski definition) is 1. The average molecular weight is 280 g/mol. The summed E-state index contributed by atoms with van der Waals surface area (Å²) in [6, 6.07) is 12.2. The number of aromatic nitrogens is 1. The van der Waals surface area contributed by atoms with Crippen LogP contribution < -0.4 is 0 Å². The van der Waals surface area contributed by atoms with E-state index in [0.29, 0.717) is 0 Å². The van der Waals surface area contributed by atoms with Crippen molar-refractivity contribution in [2.75, 3.05) is 0 Å². The van der Waals surface area contributed by atoms with E-state index in [0.717, 1.165) is 17.3 Å². The van der Waals surface area contributed by atoms with Gasteiger partial charge in [0.15, 0.2) is 0 Å². The minimum Gasteiger partial charge on any atom is -0.353 e. The molecule has 0 aliphatic rings. The number of nitrogens with zero attached hydrogens (tertiary/aromatic N) is 1. The molecule has 1 aromatic heterocycles. The molecule has 1 aromatic carbocycles. The molecular formula is C15H18ClNS. The van der Waals surface area contributed by atoms with Crippen LogP contribution in [0.4, 0.5) is 0 Å². The molecular weight excluding hydrogens is 262 g/mol. The van der Waals surface area contributed by atoms with Gasteiger partial charge in [0, 0.05) is 34.5 Å². The summed E-state index contributed by atoms with van der Waals surface area (Å²) in [6.45, 7) is 5.60. The predicted molar refractivity (Wildman–Crippen MR) is 81.3 cm³/mol. The standard InChI is InChI=1S/C15H18ClNS/c1-15(2,12-17-9-3-4-10-17)18-11-13-5-7-14(16)8-6-13/h3-10H,11-12H2,1-2H3. The quantitative estimate of drug-likeness (QED) is 0.757. The maximum Gasteiger partial charge on any atom is 0.0406 e. The third-order valence-electron chi connectivity index (χ3n) is 2.77. The molecule has 3 heteroatoms. The second kappa shape index (κ2) is 5.85. The van der Waals surface area contributed by atoms with E-state index in [1.165, 1.54) is 5.56 Å². The van der Waals surface area contributed by atoms with Gasteiger partial charge in [-0.05, 0) is 43.7 Å². The monoisotopic (exact) mass is 279 g/mol. The van der Waals surface area contributed by atoms with Crippen molar-refractivity contribution in [2.24, 2.45) is 0 Å². The Labute approximate surface area is 118 Å². The minimum atomic E-state index is 0.221. The van der Waals surface area contributed by atoms with Crippen LogP contribution in [-0.4, -0.2) is 9.31 Å². The van der Waals surface area contributed by atoms with Gasteiger partial charge in [0.25, 0.3) is 0 Å². The van der Waals surface area contributed by atoms with Gasteiger partial charge in [-0.25, -0.2) is 0 Å². The fourth-order valence-electron chi connectivity index (χ4n) is 1.82. The number of hydrogen-bond donors (Lipinski definition) is 0. The van der Waals surface area contributed by atoms with Gasteiger partial charge in [0.2, 0.25) is 0 Å². The van der Waals surface area contributed by atoms with Crippen molar-refractivity contribution in [3.8, 4) is 0 Å². The van der Waals surface area contributed by atoms with Crippen LogP contribution in [0, 0.1) is 0 Å². The van der Waals surface area contributed by atoms with Gasteiger partial charge in [-0.15, -0.1) is 11.8 Å². The maximum absolute atomic E-state index is 5.89. The van der Waals surface area contributed by atoms with Gasteiger partial charge >= 0.3 is 0 Å². The van der Waals surface area contributed by atoms with E-state index in [1.807, 2.05) is 23.9 Å². The van der Waals surface area contributed by atoms with Gasteiger partial charge in [-0.1, -0.05) is 23.7 Å². The molecule has 2 aromatic rings. The Hall–Kier alpha value is -0.860. The molecule has 0 bridgehead atoms. The second-order valence-corrected chi connectivity index (χ2v) is 7.15. The van der Waals surface area contributed by atoms with Crippen LogP contribution in [0.3, 0.4) is 0 Å². The summed E-state index contributed by atoms with van der Waals surface area (Å²) in [5, 5.41) is 0.801. The Morgan fingerprint density at radius 2 is 1.72 bits per heavy atom. The Balaban J connectivity index is 1.90. The first-order valence-corrected chi connectivity index (χ1v) is 7.41. The zero-order valence-corrected chi connectivity index (χ0v) is 12.3. The maximum atomic E-state index is 5.89.